The Bertz CT molecular complexity index is 804. The van der Waals surface area contributed by atoms with Gasteiger partial charge in [0.2, 0.25) is 5.91 Å². The molecule has 2 aromatic carbocycles. The van der Waals surface area contributed by atoms with E-state index in [1.807, 2.05) is 32.0 Å². The Kier molecular flexibility index (Phi) is 4.83. The predicted octanol–water partition coefficient (Wildman–Crippen LogP) is 3.83. The zero-order chi connectivity index (χ0) is 18.0. The van der Waals surface area contributed by atoms with Crippen molar-refractivity contribution in [3.63, 3.8) is 0 Å². The molecular weight excluding hydrogens is 319 g/mol. The maximum atomic E-state index is 13.8. The third-order valence-electron chi connectivity index (χ3n) is 4.35. The second-order valence-electron chi connectivity index (χ2n) is 6.70. The highest BCUT2D eigenvalue weighted by Crippen LogP contribution is 2.27. The predicted molar refractivity (Wildman–Crippen MR) is 94.6 cm³/mol. The summed E-state index contributed by atoms with van der Waals surface area (Å²) in [6, 6.07) is 12.8. The van der Waals surface area contributed by atoms with E-state index in [1.165, 1.54) is 12.1 Å². The number of para-hydroxylation sites is 1. The molecule has 0 saturated heterocycles. The van der Waals surface area contributed by atoms with Crippen LogP contribution in [0, 0.1) is 11.7 Å². The zero-order valence-electron chi connectivity index (χ0n) is 14.3. The monoisotopic (exact) mass is 340 g/mol. The number of nitrogens with zero attached hydrogens (tertiary/aromatic N) is 1. The van der Waals surface area contributed by atoms with E-state index in [-0.39, 0.29) is 23.4 Å². The Hall–Kier alpha value is -2.69. The lowest BCUT2D eigenvalue weighted by molar-refractivity contribution is -0.121. The van der Waals surface area contributed by atoms with Crippen LogP contribution in [0.25, 0.3) is 0 Å². The fraction of sp³-hybridized carbons (Fsp3) is 0.300. The highest BCUT2D eigenvalue weighted by Gasteiger charge is 2.36. The van der Waals surface area contributed by atoms with E-state index in [4.69, 9.17) is 0 Å². The number of anilines is 1. The standard InChI is InChI=1S/C20H21FN2O2/c1-13(2)11-18(19(24)22-17-10-6-5-9-16(17)21)23-12-14-7-3-4-8-15(14)20(23)25/h3-10,13,18H,11-12H2,1-2H3,(H,22,24)/t18-/m1/s1. The van der Waals surface area contributed by atoms with Crippen LogP contribution in [0.15, 0.2) is 48.5 Å². The minimum atomic E-state index is -0.639. The highest BCUT2D eigenvalue weighted by atomic mass is 19.1. The van der Waals surface area contributed by atoms with Crippen molar-refractivity contribution in [1.29, 1.82) is 0 Å². The lowest BCUT2D eigenvalue weighted by Gasteiger charge is -2.28. The van der Waals surface area contributed by atoms with Gasteiger partial charge in [-0.1, -0.05) is 44.2 Å². The number of hydrogen-bond donors (Lipinski definition) is 1. The first-order valence-corrected chi connectivity index (χ1v) is 8.41. The van der Waals surface area contributed by atoms with Crippen LogP contribution in [0.1, 0.15) is 36.2 Å². The lowest BCUT2D eigenvalue weighted by atomic mass is 10.0. The van der Waals surface area contributed by atoms with Gasteiger partial charge in [-0.2, -0.15) is 0 Å². The average Bonchev–Trinajstić information content (AvgIpc) is 2.91. The van der Waals surface area contributed by atoms with Gasteiger partial charge in [-0.25, -0.2) is 4.39 Å². The van der Waals surface area contributed by atoms with Crippen LogP contribution in [0.4, 0.5) is 10.1 Å². The van der Waals surface area contributed by atoms with Crippen LogP contribution in [-0.4, -0.2) is 22.8 Å². The number of nitrogens with one attached hydrogen (secondary N) is 1. The number of carbonyl (C=O) groups excluding carboxylic acids is 2. The Morgan fingerprint density at radius 1 is 1.16 bits per heavy atom. The maximum absolute atomic E-state index is 13.8. The fourth-order valence-corrected chi connectivity index (χ4v) is 3.13. The molecule has 0 saturated carbocycles. The van der Waals surface area contributed by atoms with Crippen LogP contribution in [0.5, 0.6) is 0 Å². The molecule has 3 rings (SSSR count). The summed E-state index contributed by atoms with van der Waals surface area (Å²) in [5.74, 6) is -0.784. The molecule has 2 aromatic rings. The summed E-state index contributed by atoms with van der Waals surface area (Å²) < 4.78 is 13.8. The molecule has 0 aliphatic carbocycles. The van der Waals surface area contributed by atoms with Crippen molar-refractivity contribution >= 4 is 17.5 Å². The van der Waals surface area contributed by atoms with Gasteiger partial charge in [0.25, 0.3) is 5.91 Å². The quantitative estimate of drug-likeness (QED) is 0.899. The van der Waals surface area contributed by atoms with E-state index in [9.17, 15) is 14.0 Å². The van der Waals surface area contributed by atoms with Crippen molar-refractivity contribution in [3.8, 4) is 0 Å². The zero-order valence-corrected chi connectivity index (χ0v) is 14.3. The summed E-state index contributed by atoms with van der Waals surface area (Å²) in [7, 11) is 0. The highest BCUT2D eigenvalue weighted by molar-refractivity contribution is 6.03. The van der Waals surface area contributed by atoms with Crippen molar-refractivity contribution in [1.82, 2.24) is 4.90 Å². The van der Waals surface area contributed by atoms with Crippen LogP contribution in [0.2, 0.25) is 0 Å². The van der Waals surface area contributed by atoms with Crippen LogP contribution < -0.4 is 5.32 Å². The van der Waals surface area contributed by atoms with Gasteiger partial charge in [0, 0.05) is 12.1 Å². The van der Waals surface area contributed by atoms with Gasteiger partial charge < -0.3 is 10.2 Å². The van der Waals surface area contributed by atoms with E-state index < -0.39 is 11.9 Å². The Morgan fingerprint density at radius 2 is 1.84 bits per heavy atom. The first-order chi connectivity index (χ1) is 12.0. The van der Waals surface area contributed by atoms with Crippen LogP contribution >= 0.6 is 0 Å². The van der Waals surface area contributed by atoms with E-state index in [1.54, 1.807) is 23.1 Å². The third-order valence-corrected chi connectivity index (χ3v) is 4.35. The summed E-state index contributed by atoms with van der Waals surface area (Å²) in [5, 5.41) is 2.63. The minimum absolute atomic E-state index is 0.130. The number of carbonyl (C=O) groups is 2. The van der Waals surface area contributed by atoms with Crippen molar-refractivity contribution < 1.29 is 14.0 Å². The average molecular weight is 340 g/mol. The molecule has 0 bridgehead atoms. The largest absolute Gasteiger partial charge is 0.322 e. The van der Waals surface area contributed by atoms with E-state index in [0.29, 0.717) is 18.5 Å². The first-order valence-electron chi connectivity index (χ1n) is 8.41. The van der Waals surface area contributed by atoms with E-state index in [0.717, 1.165) is 5.56 Å². The van der Waals surface area contributed by atoms with Crippen molar-refractivity contribution in [3.05, 3.63) is 65.5 Å². The van der Waals surface area contributed by atoms with Crippen molar-refractivity contribution in [2.45, 2.75) is 32.9 Å². The maximum Gasteiger partial charge on any atom is 0.255 e. The van der Waals surface area contributed by atoms with Crippen molar-refractivity contribution in [2.75, 3.05) is 5.32 Å². The molecule has 0 unspecified atom stereocenters. The second-order valence-corrected chi connectivity index (χ2v) is 6.70. The Labute approximate surface area is 146 Å². The summed E-state index contributed by atoms with van der Waals surface area (Å²) >= 11 is 0. The van der Waals surface area contributed by atoms with Gasteiger partial charge in [0.15, 0.2) is 0 Å². The first kappa shape index (κ1) is 17.1. The molecule has 25 heavy (non-hydrogen) atoms. The number of hydrogen-bond acceptors (Lipinski definition) is 2. The molecule has 0 aromatic heterocycles. The van der Waals surface area contributed by atoms with E-state index in [2.05, 4.69) is 5.32 Å². The lowest BCUT2D eigenvalue weighted by Crippen LogP contribution is -2.45. The molecule has 1 aliphatic heterocycles. The van der Waals surface area contributed by atoms with Crippen LogP contribution in [0.3, 0.4) is 0 Å². The molecule has 2 amide bonds. The van der Waals surface area contributed by atoms with Gasteiger partial charge in [-0.05, 0) is 36.1 Å². The topological polar surface area (TPSA) is 49.4 Å². The second kappa shape index (κ2) is 7.05. The normalized spacial score (nSPS) is 14.6. The molecular formula is C20H21FN2O2. The molecule has 1 aliphatic rings. The Morgan fingerprint density at radius 3 is 2.52 bits per heavy atom. The molecule has 1 heterocycles. The summed E-state index contributed by atoms with van der Waals surface area (Å²) in [6.07, 6.45) is 0.514. The molecule has 0 spiro atoms. The number of benzene rings is 2. The molecule has 130 valence electrons. The summed E-state index contributed by atoms with van der Waals surface area (Å²) in [4.78, 5) is 27.1. The van der Waals surface area contributed by atoms with E-state index >= 15 is 0 Å². The Balaban J connectivity index is 1.84. The molecule has 0 fully saturated rings. The van der Waals surface area contributed by atoms with Gasteiger partial charge in [0.05, 0.1) is 5.69 Å². The van der Waals surface area contributed by atoms with Gasteiger partial charge in [0.1, 0.15) is 11.9 Å². The number of halogens is 1. The van der Waals surface area contributed by atoms with Crippen LogP contribution in [-0.2, 0) is 11.3 Å². The fourth-order valence-electron chi connectivity index (χ4n) is 3.13. The number of amides is 2. The molecule has 4 nitrogen and oxygen atoms in total. The molecule has 1 atom stereocenters. The van der Waals surface area contributed by atoms with Crippen molar-refractivity contribution in [2.24, 2.45) is 5.92 Å². The number of rotatable bonds is 5. The third kappa shape index (κ3) is 3.55. The van der Waals surface area contributed by atoms with Gasteiger partial charge in [-0.15, -0.1) is 0 Å². The minimum Gasteiger partial charge on any atom is -0.322 e. The molecule has 1 N–H and O–H groups in total. The molecule has 5 heteroatoms. The number of fused-ring (bicyclic) bond motifs is 1. The summed E-state index contributed by atoms with van der Waals surface area (Å²) in [6.45, 7) is 4.39. The van der Waals surface area contributed by atoms with Gasteiger partial charge in [-0.3, -0.25) is 9.59 Å². The summed E-state index contributed by atoms with van der Waals surface area (Å²) in [5.41, 5.74) is 1.68. The van der Waals surface area contributed by atoms with Gasteiger partial charge >= 0.3 is 0 Å². The smallest absolute Gasteiger partial charge is 0.255 e. The SMILES string of the molecule is CC(C)C[C@H](C(=O)Nc1ccccc1F)N1Cc2ccccc2C1=O. The molecule has 0 radical (unpaired) electrons.